The summed E-state index contributed by atoms with van der Waals surface area (Å²) < 4.78 is 0. The third kappa shape index (κ3) is 4.72. The van der Waals surface area contributed by atoms with Crippen molar-refractivity contribution < 1.29 is 4.79 Å². The van der Waals surface area contributed by atoms with Crippen LogP contribution in [0.4, 0.5) is 0 Å². The van der Waals surface area contributed by atoms with Gasteiger partial charge in [0.05, 0.1) is 0 Å². The van der Waals surface area contributed by atoms with Crippen molar-refractivity contribution in [2.24, 2.45) is 5.92 Å². The fourth-order valence-corrected chi connectivity index (χ4v) is 3.22. The van der Waals surface area contributed by atoms with Crippen LogP contribution in [0.2, 0.25) is 0 Å². The number of carbonyl (C=O) groups excluding carboxylic acids is 1. The van der Waals surface area contributed by atoms with E-state index in [0.717, 1.165) is 32.5 Å². The number of alkyl halides is 1. The van der Waals surface area contributed by atoms with Crippen molar-refractivity contribution in [3.63, 3.8) is 0 Å². The van der Waals surface area contributed by atoms with E-state index in [1.165, 1.54) is 5.56 Å². The molecule has 116 valence electrons. The molecular formula is C17H25ClN2O. The Labute approximate surface area is 132 Å². The normalized spacial score (nSPS) is 17.7. The fourth-order valence-electron chi connectivity index (χ4n) is 3.15. The van der Waals surface area contributed by atoms with E-state index in [9.17, 15) is 4.79 Å². The Kier molecular flexibility index (Phi) is 5.65. The Morgan fingerprint density at radius 3 is 2.48 bits per heavy atom. The molecular weight excluding hydrogens is 284 g/mol. The lowest BCUT2D eigenvalue weighted by atomic mass is 9.80. The summed E-state index contributed by atoms with van der Waals surface area (Å²) in [6, 6.07) is 10.6. The first kappa shape index (κ1) is 16.3. The number of amides is 1. The van der Waals surface area contributed by atoms with Gasteiger partial charge in [-0.2, -0.15) is 0 Å². The van der Waals surface area contributed by atoms with Crippen LogP contribution in [0.5, 0.6) is 0 Å². The maximum absolute atomic E-state index is 11.5. The molecule has 0 saturated carbocycles. The van der Waals surface area contributed by atoms with Gasteiger partial charge >= 0.3 is 0 Å². The number of halogens is 1. The quantitative estimate of drug-likeness (QED) is 0.848. The van der Waals surface area contributed by atoms with Gasteiger partial charge in [-0.15, -0.1) is 11.6 Å². The smallest absolute Gasteiger partial charge is 0.235 e. The maximum Gasteiger partial charge on any atom is 0.235 e. The van der Waals surface area contributed by atoms with Gasteiger partial charge in [-0.1, -0.05) is 30.3 Å². The molecule has 21 heavy (non-hydrogen) atoms. The van der Waals surface area contributed by atoms with Gasteiger partial charge in [0.25, 0.3) is 0 Å². The molecule has 1 aromatic carbocycles. The first-order valence-corrected chi connectivity index (χ1v) is 8.18. The third-order valence-electron chi connectivity index (χ3n) is 4.44. The van der Waals surface area contributed by atoms with E-state index in [-0.39, 0.29) is 17.3 Å². The molecule has 0 unspecified atom stereocenters. The Bertz CT molecular complexity index is 453. The number of hydrogen-bond acceptors (Lipinski definition) is 2. The first-order chi connectivity index (χ1) is 10.0. The summed E-state index contributed by atoms with van der Waals surface area (Å²) in [5.74, 6) is 0.473. The summed E-state index contributed by atoms with van der Waals surface area (Å²) in [4.78, 5) is 14.0. The van der Waals surface area contributed by atoms with Crippen LogP contribution < -0.4 is 5.32 Å². The fraction of sp³-hybridized carbons (Fsp3) is 0.588. The number of hydrogen-bond donors (Lipinski definition) is 1. The van der Waals surface area contributed by atoms with Gasteiger partial charge in [0.15, 0.2) is 0 Å². The van der Waals surface area contributed by atoms with Crippen LogP contribution in [-0.2, 0) is 11.3 Å². The summed E-state index contributed by atoms with van der Waals surface area (Å²) in [6.45, 7) is 7.39. The van der Waals surface area contributed by atoms with E-state index in [4.69, 9.17) is 11.6 Å². The van der Waals surface area contributed by atoms with Crippen LogP contribution in [0, 0.1) is 5.92 Å². The number of nitrogens with one attached hydrogen (secondary N) is 1. The van der Waals surface area contributed by atoms with Gasteiger partial charge in [-0.25, -0.2) is 0 Å². The van der Waals surface area contributed by atoms with Crippen LogP contribution in [0.15, 0.2) is 30.3 Å². The molecule has 1 saturated heterocycles. The molecule has 1 N–H and O–H groups in total. The van der Waals surface area contributed by atoms with E-state index in [2.05, 4.69) is 54.4 Å². The monoisotopic (exact) mass is 308 g/mol. The van der Waals surface area contributed by atoms with Crippen molar-refractivity contribution in [3.05, 3.63) is 35.9 Å². The highest BCUT2D eigenvalue weighted by Gasteiger charge is 2.33. The predicted octanol–water partition coefficient (Wildman–Crippen LogP) is 3.03. The van der Waals surface area contributed by atoms with Gasteiger partial charge in [0, 0.05) is 12.1 Å². The third-order valence-corrected chi connectivity index (χ3v) is 4.68. The molecule has 0 spiro atoms. The molecule has 2 rings (SSSR count). The van der Waals surface area contributed by atoms with Crippen LogP contribution >= 0.6 is 11.6 Å². The zero-order valence-corrected chi connectivity index (χ0v) is 13.7. The number of nitrogens with zero attached hydrogens (tertiary/aromatic N) is 1. The second-order valence-corrected chi connectivity index (χ2v) is 6.71. The summed E-state index contributed by atoms with van der Waals surface area (Å²) in [5.41, 5.74) is 1.19. The Balaban J connectivity index is 1.84. The van der Waals surface area contributed by atoms with Gasteiger partial charge in [0.1, 0.15) is 5.88 Å². The van der Waals surface area contributed by atoms with Crippen LogP contribution in [0.25, 0.3) is 0 Å². The van der Waals surface area contributed by atoms with Gasteiger partial charge < -0.3 is 5.32 Å². The highest BCUT2D eigenvalue weighted by atomic mass is 35.5. The second-order valence-electron chi connectivity index (χ2n) is 6.44. The minimum atomic E-state index is -0.176. The molecule has 1 aromatic rings. The average molecular weight is 309 g/mol. The standard InChI is InChI=1S/C17H25ClN2O/c1-17(2,19-16(21)12-18)15-8-10-20(11-9-15)13-14-6-4-3-5-7-14/h3-7,15H,8-13H2,1-2H3,(H,19,21). The van der Waals surface area contributed by atoms with Crippen molar-refractivity contribution in [2.75, 3.05) is 19.0 Å². The van der Waals surface area contributed by atoms with Gasteiger partial charge in [-0.3, -0.25) is 9.69 Å². The molecule has 3 nitrogen and oxygen atoms in total. The molecule has 0 aromatic heterocycles. The van der Waals surface area contributed by atoms with Crippen molar-refractivity contribution >= 4 is 17.5 Å². The summed E-state index contributed by atoms with van der Waals surface area (Å²) in [6.07, 6.45) is 2.23. The van der Waals surface area contributed by atoms with E-state index in [1.54, 1.807) is 0 Å². The molecule has 1 aliphatic rings. The highest BCUT2D eigenvalue weighted by Crippen LogP contribution is 2.28. The number of piperidine rings is 1. The van der Waals surface area contributed by atoms with E-state index < -0.39 is 0 Å². The molecule has 4 heteroatoms. The van der Waals surface area contributed by atoms with Crippen LogP contribution in [0.3, 0.4) is 0 Å². The molecule has 1 amide bonds. The van der Waals surface area contributed by atoms with Crippen molar-refractivity contribution in [1.29, 1.82) is 0 Å². The number of likely N-dealkylation sites (tertiary alicyclic amines) is 1. The summed E-state index contributed by atoms with van der Waals surface area (Å²) >= 11 is 5.59. The van der Waals surface area contributed by atoms with Gasteiger partial charge in [-0.05, 0) is 51.3 Å². The molecule has 1 aliphatic heterocycles. The van der Waals surface area contributed by atoms with E-state index in [0.29, 0.717) is 5.92 Å². The van der Waals surface area contributed by atoms with Gasteiger partial charge in [0.2, 0.25) is 5.91 Å². The van der Waals surface area contributed by atoms with E-state index in [1.807, 2.05) is 0 Å². The number of benzene rings is 1. The molecule has 0 atom stereocenters. The topological polar surface area (TPSA) is 32.3 Å². The van der Waals surface area contributed by atoms with Crippen LogP contribution in [0.1, 0.15) is 32.3 Å². The lowest BCUT2D eigenvalue weighted by molar-refractivity contribution is -0.121. The largest absolute Gasteiger partial charge is 0.350 e. The summed E-state index contributed by atoms with van der Waals surface area (Å²) in [5, 5.41) is 3.05. The second kappa shape index (κ2) is 7.28. The minimum Gasteiger partial charge on any atom is -0.350 e. The first-order valence-electron chi connectivity index (χ1n) is 7.64. The molecule has 0 bridgehead atoms. The highest BCUT2D eigenvalue weighted by molar-refractivity contribution is 6.27. The molecule has 0 aliphatic carbocycles. The zero-order chi connectivity index (χ0) is 15.3. The molecule has 0 radical (unpaired) electrons. The zero-order valence-electron chi connectivity index (χ0n) is 12.9. The number of rotatable bonds is 5. The lowest BCUT2D eigenvalue weighted by Crippen LogP contribution is -2.52. The Morgan fingerprint density at radius 1 is 1.29 bits per heavy atom. The predicted molar refractivity (Wildman–Crippen MR) is 87.4 cm³/mol. The SMILES string of the molecule is CC(C)(NC(=O)CCl)C1CCN(Cc2ccccc2)CC1. The molecule has 1 heterocycles. The van der Waals surface area contributed by atoms with E-state index >= 15 is 0 Å². The van der Waals surface area contributed by atoms with Crippen LogP contribution in [-0.4, -0.2) is 35.3 Å². The lowest BCUT2D eigenvalue weighted by Gasteiger charge is -2.41. The van der Waals surface area contributed by atoms with Crippen molar-refractivity contribution in [3.8, 4) is 0 Å². The van der Waals surface area contributed by atoms with Crippen molar-refractivity contribution in [2.45, 2.75) is 38.8 Å². The number of carbonyl (C=O) groups is 1. The maximum atomic E-state index is 11.5. The minimum absolute atomic E-state index is 0.0380. The molecule has 1 fully saturated rings. The van der Waals surface area contributed by atoms with Crippen molar-refractivity contribution in [1.82, 2.24) is 10.2 Å². The Morgan fingerprint density at radius 2 is 1.90 bits per heavy atom. The average Bonchev–Trinajstić information content (AvgIpc) is 2.48. The Hall–Kier alpha value is -1.06. The summed E-state index contributed by atoms with van der Waals surface area (Å²) in [7, 11) is 0.